The Kier molecular flexibility index (Phi) is 4.80. The normalized spacial score (nSPS) is 10.6. The SMILES string of the molecule is Fc1ccc(CNc2c(Cl)cc(Cl)cc2Cl)c(Cl)c1. The van der Waals surface area contributed by atoms with Crippen LogP contribution in [0.25, 0.3) is 0 Å². The van der Waals surface area contributed by atoms with Crippen LogP contribution in [0.1, 0.15) is 5.56 Å². The van der Waals surface area contributed by atoms with Gasteiger partial charge in [-0.3, -0.25) is 0 Å². The highest BCUT2D eigenvalue weighted by atomic mass is 35.5. The van der Waals surface area contributed by atoms with Gasteiger partial charge in [0.1, 0.15) is 5.82 Å². The molecule has 0 heterocycles. The summed E-state index contributed by atoms with van der Waals surface area (Å²) in [5.74, 6) is -0.378. The fourth-order valence-corrected chi connectivity index (χ4v) is 2.74. The van der Waals surface area contributed by atoms with Crippen molar-refractivity contribution in [3.05, 3.63) is 61.8 Å². The van der Waals surface area contributed by atoms with Crippen molar-refractivity contribution < 1.29 is 4.39 Å². The predicted octanol–water partition coefficient (Wildman–Crippen LogP) is 6.05. The molecule has 0 amide bonds. The van der Waals surface area contributed by atoms with E-state index in [0.29, 0.717) is 32.3 Å². The lowest BCUT2D eigenvalue weighted by molar-refractivity contribution is 0.627. The van der Waals surface area contributed by atoms with Crippen LogP contribution in [0, 0.1) is 5.82 Å². The van der Waals surface area contributed by atoms with Gasteiger partial charge in [0.05, 0.1) is 15.7 Å². The second-order valence-electron chi connectivity index (χ2n) is 3.83. The van der Waals surface area contributed by atoms with Crippen LogP contribution in [0.5, 0.6) is 0 Å². The minimum Gasteiger partial charge on any atom is -0.378 e. The van der Waals surface area contributed by atoms with E-state index >= 15 is 0 Å². The number of nitrogens with one attached hydrogen (secondary N) is 1. The lowest BCUT2D eigenvalue weighted by Crippen LogP contribution is -2.01. The van der Waals surface area contributed by atoms with Crippen LogP contribution in [-0.4, -0.2) is 0 Å². The van der Waals surface area contributed by atoms with Gasteiger partial charge >= 0.3 is 0 Å². The molecular formula is C13H8Cl4FN. The zero-order valence-electron chi connectivity index (χ0n) is 9.48. The lowest BCUT2D eigenvalue weighted by atomic mass is 10.2. The molecule has 0 spiro atoms. The van der Waals surface area contributed by atoms with Crippen LogP contribution in [0.2, 0.25) is 20.1 Å². The standard InChI is InChI=1S/C13H8Cl4FN/c14-8-3-11(16)13(12(17)4-8)19-6-7-1-2-9(18)5-10(7)15/h1-5,19H,6H2. The van der Waals surface area contributed by atoms with Crippen LogP contribution in [0.3, 0.4) is 0 Å². The van der Waals surface area contributed by atoms with Gasteiger partial charge in [0.25, 0.3) is 0 Å². The third kappa shape index (κ3) is 3.67. The zero-order chi connectivity index (χ0) is 14.0. The van der Waals surface area contributed by atoms with E-state index in [1.807, 2.05) is 0 Å². The number of rotatable bonds is 3. The molecule has 0 saturated heterocycles. The van der Waals surface area contributed by atoms with Gasteiger partial charge in [-0.15, -0.1) is 0 Å². The number of hydrogen-bond donors (Lipinski definition) is 1. The Labute approximate surface area is 130 Å². The highest BCUT2D eigenvalue weighted by Crippen LogP contribution is 2.34. The molecule has 100 valence electrons. The van der Waals surface area contributed by atoms with Gasteiger partial charge in [0, 0.05) is 16.6 Å². The molecule has 6 heteroatoms. The van der Waals surface area contributed by atoms with Crippen LogP contribution in [0.15, 0.2) is 30.3 Å². The number of anilines is 1. The molecule has 0 radical (unpaired) electrons. The molecule has 2 aromatic rings. The number of hydrogen-bond acceptors (Lipinski definition) is 1. The predicted molar refractivity (Wildman–Crippen MR) is 80.2 cm³/mol. The first-order valence-electron chi connectivity index (χ1n) is 5.29. The van der Waals surface area contributed by atoms with E-state index < -0.39 is 0 Å². The third-order valence-corrected chi connectivity index (χ3v) is 3.64. The van der Waals surface area contributed by atoms with Crippen molar-refractivity contribution in [1.82, 2.24) is 0 Å². The topological polar surface area (TPSA) is 12.0 Å². The van der Waals surface area contributed by atoms with E-state index in [-0.39, 0.29) is 5.82 Å². The summed E-state index contributed by atoms with van der Waals surface area (Å²) >= 11 is 23.8. The van der Waals surface area contributed by atoms with E-state index in [1.165, 1.54) is 12.1 Å². The molecule has 0 bridgehead atoms. The molecule has 0 aliphatic heterocycles. The van der Waals surface area contributed by atoms with Gasteiger partial charge in [0.15, 0.2) is 0 Å². The van der Waals surface area contributed by atoms with Crippen molar-refractivity contribution in [2.75, 3.05) is 5.32 Å². The highest BCUT2D eigenvalue weighted by molar-refractivity contribution is 6.41. The van der Waals surface area contributed by atoms with Gasteiger partial charge in [0.2, 0.25) is 0 Å². The first-order valence-corrected chi connectivity index (χ1v) is 6.81. The van der Waals surface area contributed by atoms with Gasteiger partial charge in [-0.05, 0) is 29.8 Å². The van der Waals surface area contributed by atoms with Gasteiger partial charge in [-0.1, -0.05) is 52.5 Å². The summed E-state index contributed by atoms with van der Waals surface area (Å²) in [5, 5.41) is 4.68. The summed E-state index contributed by atoms with van der Waals surface area (Å²) in [7, 11) is 0. The maximum absolute atomic E-state index is 12.9. The van der Waals surface area contributed by atoms with Crippen molar-refractivity contribution in [3.63, 3.8) is 0 Å². The quantitative estimate of drug-likeness (QED) is 0.718. The molecule has 19 heavy (non-hydrogen) atoms. The minimum absolute atomic E-state index is 0.341. The Balaban J connectivity index is 2.19. The molecule has 2 rings (SSSR count). The van der Waals surface area contributed by atoms with Crippen molar-refractivity contribution in [3.8, 4) is 0 Å². The Morgan fingerprint density at radius 3 is 2.11 bits per heavy atom. The number of benzene rings is 2. The van der Waals surface area contributed by atoms with Crippen molar-refractivity contribution in [2.24, 2.45) is 0 Å². The van der Waals surface area contributed by atoms with Gasteiger partial charge in [-0.25, -0.2) is 4.39 Å². The zero-order valence-corrected chi connectivity index (χ0v) is 12.5. The van der Waals surface area contributed by atoms with Crippen molar-refractivity contribution in [1.29, 1.82) is 0 Å². The first-order chi connectivity index (χ1) is 8.97. The van der Waals surface area contributed by atoms with Crippen molar-refractivity contribution in [2.45, 2.75) is 6.54 Å². The van der Waals surface area contributed by atoms with Gasteiger partial charge < -0.3 is 5.32 Å². The number of halogens is 5. The summed E-state index contributed by atoms with van der Waals surface area (Å²) < 4.78 is 12.9. The molecular weight excluding hydrogens is 331 g/mol. The summed E-state index contributed by atoms with van der Waals surface area (Å²) in [6.45, 7) is 0.375. The minimum atomic E-state index is -0.378. The fourth-order valence-electron chi connectivity index (χ4n) is 1.56. The summed E-state index contributed by atoms with van der Waals surface area (Å²) in [4.78, 5) is 0. The summed E-state index contributed by atoms with van der Waals surface area (Å²) in [6.07, 6.45) is 0. The molecule has 0 fully saturated rings. The molecule has 0 aromatic heterocycles. The molecule has 0 aliphatic rings. The maximum Gasteiger partial charge on any atom is 0.124 e. The molecule has 0 saturated carbocycles. The van der Waals surface area contributed by atoms with Gasteiger partial charge in [-0.2, -0.15) is 0 Å². The van der Waals surface area contributed by atoms with E-state index in [0.717, 1.165) is 5.56 Å². The summed E-state index contributed by atoms with van der Waals surface area (Å²) in [6, 6.07) is 7.37. The molecule has 1 nitrogen and oxygen atoms in total. The largest absolute Gasteiger partial charge is 0.378 e. The second-order valence-corrected chi connectivity index (χ2v) is 5.49. The Hall–Kier alpha value is -0.670. The average Bonchev–Trinajstić information content (AvgIpc) is 2.30. The van der Waals surface area contributed by atoms with Crippen LogP contribution in [0.4, 0.5) is 10.1 Å². The van der Waals surface area contributed by atoms with E-state index in [2.05, 4.69) is 5.32 Å². The Bertz CT molecular complexity index is 593. The third-order valence-electron chi connectivity index (χ3n) is 2.48. The van der Waals surface area contributed by atoms with E-state index in [4.69, 9.17) is 46.4 Å². The molecule has 2 aromatic carbocycles. The Morgan fingerprint density at radius 2 is 1.53 bits per heavy atom. The summed E-state index contributed by atoms with van der Waals surface area (Å²) in [5.41, 5.74) is 1.30. The smallest absolute Gasteiger partial charge is 0.124 e. The Morgan fingerprint density at radius 1 is 0.895 bits per heavy atom. The first kappa shape index (κ1) is 14.7. The maximum atomic E-state index is 12.9. The fraction of sp³-hybridized carbons (Fsp3) is 0.0769. The monoisotopic (exact) mass is 337 g/mol. The van der Waals surface area contributed by atoms with Crippen LogP contribution in [-0.2, 0) is 6.54 Å². The highest BCUT2D eigenvalue weighted by Gasteiger charge is 2.08. The average molecular weight is 339 g/mol. The molecule has 0 aliphatic carbocycles. The van der Waals surface area contributed by atoms with E-state index in [1.54, 1.807) is 18.2 Å². The molecule has 0 unspecified atom stereocenters. The van der Waals surface area contributed by atoms with Crippen LogP contribution < -0.4 is 5.32 Å². The van der Waals surface area contributed by atoms with E-state index in [9.17, 15) is 4.39 Å². The molecule has 1 N–H and O–H groups in total. The molecule has 0 atom stereocenters. The van der Waals surface area contributed by atoms with Crippen LogP contribution >= 0.6 is 46.4 Å². The van der Waals surface area contributed by atoms with Crippen molar-refractivity contribution >= 4 is 52.1 Å². The lowest BCUT2D eigenvalue weighted by Gasteiger charge is -2.12. The second kappa shape index (κ2) is 6.19.